The molecule has 2 nitrogen and oxygen atoms in total. The quantitative estimate of drug-likeness (QED) is 0.166. The molecule has 0 radical (unpaired) electrons. The van der Waals surface area contributed by atoms with Crippen LogP contribution >= 0.6 is 22.6 Å². The Kier molecular flexibility index (Phi) is 7.63. The van der Waals surface area contributed by atoms with E-state index in [1.165, 1.54) is 11.1 Å². The number of hydrogen-bond acceptors (Lipinski definition) is 2. The highest BCUT2D eigenvalue weighted by Gasteiger charge is 2.14. The Bertz CT molecular complexity index is 1750. The number of benzene rings is 5. The number of nitrogens with zero attached hydrogens (tertiary/aromatic N) is 2. The predicted molar refractivity (Wildman–Crippen MR) is 187 cm³/mol. The number of hydrogen-bond donors (Lipinski definition) is 0. The maximum atomic E-state index is 5.18. The smallest absolute Gasteiger partial charge is 0.0716 e. The standard InChI is InChI=1S/C40H27IN2/c41-36-22-34(39-26-32(28-13-5-1-6-14-28)24-37(42-39)30-17-9-3-10-18-30)21-35(23-36)40-27-33(29-15-7-2-8-16-29)25-38(43-40)31-19-11-4-12-20-31/h1-27H. The number of rotatable bonds is 6. The Labute approximate surface area is 265 Å². The van der Waals surface area contributed by atoms with Gasteiger partial charge in [0.2, 0.25) is 0 Å². The molecule has 3 heteroatoms. The van der Waals surface area contributed by atoms with Crippen molar-refractivity contribution in [2.75, 3.05) is 0 Å². The van der Waals surface area contributed by atoms with Crippen LogP contribution in [0.3, 0.4) is 0 Å². The van der Waals surface area contributed by atoms with Crippen molar-refractivity contribution in [2.24, 2.45) is 0 Å². The molecule has 0 atom stereocenters. The van der Waals surface area contributed by atoms with Gasteiger partial charge in [-0.1, -0.05) is 121 Å². The first-order chi connectivity index (χ1) is 21.2. The van der Waals surface area contributed by atoms with Gasteiger partial charge in [-0.3, -0.25) is 0 Å². The van der Waals surface area contributed by atoms with Gasteiger partial charge in [-0.15, -0.1) is 0 Å². The molecule has 0 saturated heterocycles. The molecule has 7 rings (SSSR count). The highest BCUT2D eigenvalue weighted by Crippen LogP contribution is 2.35. The third kappa shape index (κ3) is 6.04. The molecule has 0 amide bonds. The summed E-state index contributed by atoms with van der Waals surface area (Å²) in [6.45, 7) is 0. The van der Waals surface area contributed by atoms with Crippen molar-refractivity contribution in [3.63, 3.8) is 0 Å². The molecule has 0 aliphatic rings. The summed E-state index contributed by atoms with van der Waals surface area (Å²) >= 11 is 2.41. The predicted octanol–water partition coefficient (Wildman–Crippen LogP) is 11.1. The molecule has 0 bridgehead atoms. The maximum Gasteiger partial charge on any atom is 0.0716 e. The van der Waals surface area contributed by atoms with E-state index in [0.29, 0.717) is 0 Å². The molecule has 5 aromatic carbocycles. The number of pyridine rings is 2. The Balaban J connectivity index is 1.40. The van der Waals surface area contributed by atoms with Crippen LogP contribution in [0.2, 0.25) is 0 Å². The van der Waals surface area contributed by atoms with Crippen LogP contribution in [0, 0.1) is 3.57 Å². The summed E-state index contributed by atoms with van der Waals surface area (Å²) in [5, 5.41) is 0. The van der Waals surface area contributed by atoms with Gasteiger partial charge >= 0.3 is 0 Å². The summed E-state index contributed by atoms with van der Waals surface area (Å²) in [6.07, 6.45) is 0. The molecule has 0 fully saturated rings. The Morgan fingerprint density at radius 1 is 0.279 bits per heavy atom. The van der Waals surface area contributed by atoms with E-state index >= 15 is 0 Å². The molecular formula is C40H27IN2. The molecule has 7 aromatic rings. The molecule has 0 spiro atoms. The third-order valence-corrected chi connectivity index (χ3v) is 8.12. The van der Waals surface area contributed by atoms with E-state index in [9.17, 15) is 0 Å². The van der Waals surface area contributed by atoms with E-state index in [1.807, 2.05) is 12.1 Å². The molecule has 0 aliphatic carbocycles. The fraction of sp³-hybridized carbons (Fsp3) is 0. The van der Waals surface area contributed by atoms with Crippen LogP contribution in [0.4, 0.5) is 0 Å². The lowest BCUT2D eigenvalue weighted by molar-refractivity contribution is 1.30. The first-order valence-electron chi connectivity index (χ1n) is 14.3. The van der Waals surface area contributed by atoms with Crippen molar-refractivity contribution in [3.05, 3.63) is 167 Å². The Hall–Kier alpha value is -4.87. The van der Waals surface area contributed by atoms with Crippen LogP contribution in [0.15, 0.2) is 164 Å². The second-order valence-electron chi connectivity index (χ2n) is 10.4. The van der Waals surface area contributed by atoms with Crippen molar-refractivity contribution in [3.8, 4) is 67.3 Å². The maximum absolute atomic E-state index is 5.18. The van der Waals surface area contributed by atoms with Crippen molar-refractivity contribution >= 4 is 22.6 Å². The zero-order valence-corrected chi connectivity index (χ0v) is 25.5. The summed E-state index contributed by atoms with van der Waals surface area (Å²) in [5.74, 6) is 0. The molecule has 2 heterocycles. The van der Waals surface area contributed by atoms with E-state index in [4.69, 9.17) is 9.97 Å². The van der Waals surface area contributed by atoms with E-state index in [1.54, 1.807) is 0 Å². The first-order valence-corrected chi connectivity index (χ1v) is 15.3. The van der Waals surface area contributed by atoms with E-state index in [2.05, 4.69) is 174 Å². The average molecular weight is 663 g/mol. The van der Waals surface area contributed by atoms with Gasteiger partial charge in [-0.25, -0.2) is 9.97 Å². The molecule has 0 N–H and O–H groups in total. The summed E-state index contributed by atoms with van der Waals surface area (Å²) in [5.41, 5.74) is 12.7. The van der Waals surface area contributed by atoms with Crippen LogP contribution in [0.25, 0.3) is 67.3 Å². The van der Waals surface area contributed by atoms with Crippen molar-refractivity contribution in [2.45, 2.75) is 0 Å². The molecule has 43 heavy (non-hydrogen) atoms. The molecular weight excluding hydrogens is 635 g/mol. The van der Waals surface area contributed by atoms with Gasteiger partial charge in [-0.05, 0) is 87.3 Å². The minimum Gasteiger partial charge on any atom is -0.248 e. The Morgan fingerprint density at radius 3 is 0.930 bits per heavy atom. The van der Waals surface area contributed by atoms with Gasteiger partial charge in [0.15, 0.2) is 0 Å². The van der Waals surface area contributed by atoms with Gasteiger partial charge in [-0.2, -0.15) is 0 Å². The normalized spacial score (nSPS) is 10.9. The lowest BCUT2D eigenvalue weighted by Crippen LogP contribution is -1.94. The lowest BCUT2D eigenvalue weighted by Gasteiger charge is -2.13. The minimum atomic E-state index is 0.933. The van der Waals surface area contributed by atoms with Crippen LogP contribution in [-0.2, 0) is 0 Å². The lowest BCUT2D eigenvalue weighted by atomic mass is 9.97. The van der Waals surface area contributed by atoms with Crippen LogP contribution in [-0.4, -0.2) is 9.97 Å². The second kappa shape index (κ2) is 12.2. The van der Waals surface area contributed by atoms with E-state index < -0.39 is 0 Å². The average Bonchev–Trinajstić information content (AvgIpc) is 3.09. The summed E-state index contributed by atoms with van der Waals surface area (Å²) < 4.78 is 1.13. The molecule has 0 aliphatic heterocycles. The fourth-order valence-corrected chi connectivity index (χ4v) is 6.02. The van der Waals surface area contributed by atoms with Gasteiger partial charge in [0.05, 0.1) is 22.8 Å². The summed E-state index contributed by atoms with van der Waals surface area (Å²) in [7, 11) is 0. The van der Waals surface area contributed by atoms with Crippen molar-refractivity contribution in [1.82, 2.24) is 9.97 Å². The van der Waals surface area contributed by atoms with Crippen LogP contribution in [0.1, 0.15) is 0 Å². The van der Waals surface area contributed by atoms with Gasteiger partial charge < -0.3 is 0 Å². The van der Waals surface area contributed by atoms with Gasteiger partial charge in [0.25, 0.3) is 0 Å². The molecule has 204 valence electrons. The van der Waals surface area contributed by atoms with Crippen LogP contribution in [0.5, 0.6) is 0 Å². The zero-order valence-electron chi connectivity index (χ0n) is 23.4. The molecule has 0 unspecified atom stereocenters. The summed E-state index contributed by atoms with van der Waals surface area (Å²) in [4.78, 5) is 10.4. The minimum absolute atomic E-state index is 0.933. The van der Waals surface area contributed by atoms with Gasteiger partial charge in [0.1, 0.15) is 0 Å². The number of halogens is 1. The van der Waals surface area contributed by atoms with Crippen LogP contribution < -0.4 is 0 Å². The Morgan fingerprint density at radius 2 is 0.581 bits per heavy atom. The van der Waals surface area contributed by atoms with Crippen molar-refractivity contribution in [1.29, 1.82) is 0 Å². The van der Waals surface area contributed by atoms with Gasteiger partial charge in [0, 0.05) is 25.8 Å². The number of aromatic nitrogens is 2. The second-order valence-corrected chi connectivity index (χ2v) is 11.7. The van der Waals surface area contributed by atoms with Crippen molar-refractivity contribution < 1.29 is 0 Å². The monoisotopic (exact) mass is 662 g/mol. The highest BCUT2D eigenvalue weighted by molar-refractivity contribution is 14.1. The largest absolute Gasteiger partial charge is 0.248 e. The topological polar surface area (TPSA) is 25.8 Å². The third-order valence-electron chi connectivity index (χ3n) is 7.49. The molecule has 2 aromatic heterocycles. The zero-order chi connectivity index (χ0) is 29.0. The van der Waals surface area contributed by atoms with E-state index in [-0.39, 0.29) is 0 Å². The fourth-order valence-electron chi connectivity index (χ4n) is 5.35. The highest BCUT2D eigenvalue weighted by atomic mass is 127. The SMILES string of the molecule is Ic1cc(-c2cc(-c3ccccc3)cc(-c3ccccc3)n2)cc(-c2cc(-c3ccccc3)cc(-c3ccccc3)n2)c1. The first kappa shape index (κ1) is 27.0. The van der Waals surface area contributed by atoms with E-state index in [0.717, 1.165) is 59.7 Å². The molecule has 0 saturated carbocycles. The summed E-state index contributed by atoms with van der Waals surface area (Å²) in [6, 6.07) is 57.2.